The van der Waals surface area contributed by atoms with Gasteiger partial charge in [-0.15, -0.1) is 0 Å². The number of amides is 2. The summed E-state index contributed by atoms with van der Waals surface area (Å²) in [6.45, 7) is 2.08. The number of aryl methyl sites for hydroxylation is 1. The third kappa shape index (κ3) is 4.64. The van der Waals surface area contributed by atoms with Crippen LogP contribution in [0.1, 0.15) is 11.4 Å². The number of nitrogen functional groups attached to an aromatic ring is 1. The Balaban J connectivity index is 1.72. The van der Waals surface area contributed by atoms with E-state index < -0.39 is 0 Å². The minimum atomic E-state index is -0.356. The molecule has 0 saturated heterocycles. The molecule has 110 valence electrons. The number of benzene rings is 1. The van der Waals surface area contributed by atoms with E-state index in [0.717, 1.165) is 0 Å². The molecule has 0 saturated carbocycles. The van der Waals surface area contributed by atoms with Crippen molar-refractivity contribution >= 4 is 11.8 Å². The van der Waals surface area contributed by atoms with Crippen molar-refractivity contribution in [2.24, 2.45) is 0 Å². The van der Waals surface area contributed by atoms with Crippen molar-refractivity contribution in [3.63, 3.8) is 0 Å². The van der Waals surface area contributed by atoms with Gasteiger partial charge >= 0.3 is 6.03 Å². The zero-order valence-corrected chi connectivity index (χ0v) is 11.7. The van der Waals surface area contributed by atoms with Crippen LogP contribution in [0.15, 0.2) is 36.5 Å². The quantitative estimate of drug-likeness (QED) is 0.717. The van der Waals surface area contributed by atoms with Gasteiger partial charge in [-0.05, 0) is 19.1 Å². The number of nitrogens with one attached hydrogen (secondary N) is 2. The normalized spacial score (nSPS) is 9.95. The van der Waals surface area contributed by atoms with Gasteiger partial charge in [0.1, 0.15) is 17.4 Å². The molecule has 0 aliphatic heterocycles. The van der Waals surface area contributed by atoms with Crippen LogP contribution in [0.3, 0.4) is 0 Å². The van der Waals surface area contributed by atoms with Gasteiger partial charge in [-0.3, -0.25) is 0 Å². The number of anilines is 1. The highest BCUT2D eigenvalue weighted by molar-refractivity contribution is 5.73. The zero-order valence-electron chi connectivity index (χ0n) is 11.7. The highest BCUT2D eigenvalue weighted by Crippen LogP contribution is 2.07. The SMILES string of the molecule is Cc1ncc(CNC(=O)NCOc2ccccc2)c(N)n1. The smallest absolute Gasteiger partial charge is 0.317 e. The third-order valence-corrected chi connectivity index (χ3v) is 2.67. The molecule has 2 aromatic rings. The predicted octanol–water partition coefficient (Wildman–Crippen LogP) is 1.20. The van der Waals surface area contributed by atoms with Gasteiger partial charge in [-0.1, -0.05) is 18.2 Å². The summed E-state index contributed by atoms with van der Waals surface area (Å²) in [6.07, 6.45) is 1.60. The fraction of sp³-hybridized carbons (Fsp3) is 0.214. The Bertz CT molecular complexity index is 604. The standard InChI is InChI=1S/C14H17N5O2/c1-10-16-7-11(13(15)19-10)8-17-14(20)18-9-21-12-5-3-2-4-6-12/h2-7H,8-9H2,1H3,(H2,15,16,19)(H2,17,18,20). The molecule has 7 heteroatoms. The van der Waals surface area contributed by atoms with E-state index in [9.17, 15) is 4.79 Å². The summed E-state index contributed by atoms with van der Waals surface area (Å²) in [7, 11) is 0. The van der Waals surface area contributed by atoms with Gasteiger partial charge in [0.15, 0.2) is 6.73 Å². The highest BCUT2D eigenvalue weighted by atomic mass is 16.5. The summed E-state index contributed by atoms with van der Waals surface area (Å²) in [5.74, 6) is 1.65. The van der Waals surface area contributed by atoms with Crippen molar-refractivity contribution in [1.29, 1.82) is 0 Å². The largest absolute Gasteiger partial charge is 0.473 e. The van der Waals surface area contributed by atoms with E-state index in [1.807, 2.05) is 30.3 Å². The monoisotopic (exact) mass is 287 g/mol. The van der Waals surface area contributed by atoms with Crippen LogP contribution >= 0.6 is 0 Å². The first-order chi connectivity index (χ1) is 10.1. The Morgan fingerprint density at radius 2 is 2.05 bits per heavy atom. The first kappa shape index (κ1) is 14.6. The molecule has 0 aliphatic rings. The molecule has 0 fully saturated rings. The molecular formula is C14H17N5O2. The second kappa shape index (κ2) is 7.09. The number of aromatic nitrogens is 2. The van der Waals surface area contributed by atoms with Crippen LogP contribution in [-0.4, -0.2) is 22.7 Å². The van der Waals surface area contributed by atoms with Gasteiger partial charge in [-0.25, -0.2) is 14.8 Å². The molecule has 0 radical (unpaired) electrons. The Hall–Kier alpha value is -2.83. The van der Waals surface area contributed by atoms with E-state index >= 15 is 0 Å². The average molecular weight is 287 g/mol. The molecule has 0 unspecified atom stereocenters. The molecule has 0 spiro atoms. The highest BCUT2D eigenvalue weighted by Gasteiger charge is 2.04. The van der Waals surface area contributed by atoms with Crippen LogP contribution in [0.4, 0.5) is 10.6 Å². The second-order valence-corrected chi connectivity index (χ2v) is 4.29. The van der Waals surface area contributed by atoms with E-state index in [2.05, 4.69) is 20.6 Å². The minimum absolute atomic E-state index is 0.0791. The summed E-state index contributed by atoms with van der Waals surface area (Å²) in [5.41, 5.74) is 6.40. The van der Waals surface area contributed by atoms with Crippen LogP contribution in [-0.2, 0) is 6.54 Å². The maximum absolute atomic E-state index is 11.6. The number of ether oxygens (including phenoxy) is 1. The van der Waals surface area contributed by atoms with Crippen molar-refractivity contribution in [3.05, 3.63) is 47.9 Å². The number of hydrogen-bond donors (Lipinski definition) is 3. The van der Waals surface area contributed by atoms with Gasteiger partial charge in [0.05, 0.1) is 0 Å². The number of urea groups is 1. The topological polar surface area (TPSA) is 102 Å². The minimum Gasteiger partial charge on any atom is -0.473 e. The number of hydrogen-bond acceptors (Lipinski definition) is 5. The van der Waals surface area contributed by atoms with Crippen molar-refractivity contribution < 1.29 is 9.53 Å². The Kier molecular flexibility index (Phi) is 4.92. The van der Waals surface area contributed by atoms with Gasteiger partial charge in [-0.2, -0.15) is 0 Å². The van der Waals surface area contributed by atoms with Gasteiger partial charge in [0, 0.05) is 18.3 Å². The molecule has 1 aromatic heterocycles. The molecular weight excluding hydrogens is 270 g/mol. The summed E-state index contributed by atoms with van der Waals surface area (Å²) >= 11 is 0. The second-order valence-electron chi connectivity index (χ2n) is 4.29. The first-order valence-electron chi connectivity index (χ1n) is 6.42. The lowest BCUT2D eigenvalue weighted by Gasteiger charge is -2.10. The number of para-hydroxylation sites is 1. The van der Waals surface area contributed by atoms with Crippen molar-refractivity contribution in [3.8, 4) is 5.75 Å². The summed E-state index contributed by atoms with van der Waals surface area (Å²) in [5, 5.41) is 5.23. The summed E-state index contributed by atoms with van der Waals surface area (Å²) < 4.78 is 5.35. The number of carbonyl (C=O) groups is 1. The predicted molar refractivity (Wildman–Crippen MR) is 78.5 cm³/mol. The molecule has 0 atom stereocenters. The molecule has 0 bridgehead atoms. The number of rotatable bonds is 5. The molecule has 1 heterocycles. The molecule has 2 amide bonds. The van der Waals surface area contributed by atoms with Gasteiger partial charge < -0.3 is 21.1 Å². The van der Waals surface area contributed by atoms with E-state index in [1.54, 1.807) is 13.1 Å². The molecule has 2 rings (SSSR count). The third-order valence-electron chi connectivity index (χ3n) is 2.67. The van der Waals surface area contributed by atoms with Crippen molar-refractivity contribution in [2.45, 2.75) is 13.5 Å². The fourth-order valence-electron chi connectivity index (χ4n) is 1.59. The van der Waals surface area contributed by atoms with Crippen molar-refractivity contribution in [1.82, 2.24) is 20.6 Å². The van der Waals surface area contributed by atoms with Crippen LogP contribution in [0.5, 0.6) is 5.75 Å². The summed E-state index contributed by atoms with van der Waals surface area (Å²) in [4.78, 5) is 19.7. The van der Waals surface area contributed by atoms with Crippen LogP contribution in [0.25, 0.3) is 0 Å². The molecule has 1 aromatic carbocycles. The van der Waals surface area contributed by atoms with Crippen LogP contribution < -0.4 is 21.1 Å². The van der Waals surface area contributed by atoms with E-state index in [4.69, 9.17) is 10.5 Å². The van der Waals surface area contributed by atoms with Gasteiger partial charge in [0.2, 0.25) is 0 Å². The number of nitrogens with zero attached hydrogens (tertiary/aromatic N) is 2. The maximum atomic E-state index is 11.6. The molecule has 21 heavy (non-hydrogen) atoms. The van der Waals surface area contributed by atoms with Crippen LogP contribution in [0.2, 0.25) is 0 Å². The van der Waals surface area contributed by atoms with Crippen molar-refractivity contribution in [2.75, 3.05) is 12.5 Å². The molecule has 0 aliphatic carbocycles. The van der Waals surface area contributed by atoms with Crippen LogP contribution in [0, 0.1) is 6.92 Å². The fourth-order valence-corrected chi connectivity index (χ4v) is 1.59. The van der Waals surface area contributed by atoms with Gasteiger partial charge in [0.25, 0.3) is 0 Å². The molecule has 7 nitrogen and oxygen atoms in total. The van der Waals surface area contributed by atoms with E-state index in [0.29, 0.717) is 23.0 Å². The molecule has 4 N–H and O–H groups in total. The Morgan fingerprint density at radius 3 is 2.76 bits per heavy atom. The lowest BCUT2D eigenvalue weighted by molar-refractivity contribution is 0.223. The number of nitrogens with two attached hydrogens (primary N) is 1. The average Bonchev–Trinajstić information content (AvgIpc) is 2.47. The maximum Gasteiger partial charge on any atom is 0.317 e. The Morgan fingerprint density at radius 1 is 1.29 bits per heavy atom. The Labute approximate surface area is 122 Å². The summed E-state index contributed by atoms with van der Waals surface area (Å²) in [6, 6.07) is 8.87. The first-order valence-corrected chi connectivity index (χ1v) is 6.42. The lowest BCUT2D eigenvalue weighted by Crippen LogP contribution is -2.37. The zero-order chi connectivity index (χ0) is 15.1. The van der Waals surface area contributed by atoms with E-state index in [1.165, 1.54) is 0 Å². The van der Waals surface area contributed by atoms with E-state index in [-0.39, 0.29) is 19.3 Å². The number of carbonyl (C=O) groups excluding carboxylic acids is 1. The lowest BCUT2D eigenvalue weighted by atomic mass is 10.3.